The van der Waals surface area contributed by atoms with E-state index in [1.54, 1.807) is 0 Å². The molecule has 42 heavy (non-hydrogen) atoms. The van der Waals surface area contributed by atoms with Gasteiger partial charge in [-0.2, -0.15) is 0 Å². The predicted octanol–water partition coefficient (Wildman–Crippen LogP) is 12.0. The highest BCUT2D eigenvalue weighted by molar-refractivity contribution is 7.25. The Morgan fingerprint density at radius 3 is 1.86 bits per heavy atom. The van der Waals surface area contributed by atoms with E-state index in [9.17, 15) is 0 Å². The SMILES string of the molecule is c1ccc(-c2ccc(N(c3cccc(-c4ccc5sc6ccccc6c5c4)c3)c3cccc4ccccc34)cc2)cc1. The monoisotopic (exact) mass is 553 g/mol. The molecule has 2 heteroatoms. The van der Waals surface area contributed by atoms with Crippen molar-refractivity contribution in [1.82, 2.24) is 0 Å². The molecule has 7 aromatic carbocycles. The summed E-state index contributed by atoms with van der Waals surface area (Å²) in [5, 5.41) is 5.10. The lowest BCUT2D eigenvalue weighted by atomic mass is 10.0. The van der Waals surface area contributed by atoms with Crippen LogP contribution in [0.15, 0.2) is 164 Å². The second kappa shape index (κ2) is 10.3. The molecule has 0 aliphatic carbocycles. The fourth-order valence-corrected chi connectivity index (χ4v) is 7.08. The molecule has 0 aliphatic rings. The summed E-state index contributed by atoms with van der Waals surface area (Å²) in [6.07, 6.45) is 0. The van der Waals surface area contributed by atoms with E-state index in [0.29, 0.717) is 0 Å². The van der Waals surface area contributed by atoms with Crippen molar-refractivity contribution in [3.8, 4) is 22.3 Å². The van der Waals surface area contributed by atoms with Crippen LogP contribution >= 0.6 is 11.3 Å². The van der Waals surface area contributed by atoms with Gasteiger partial charge >= 0.3 is 0 Å². The molecule has 0 radical (unpaired) electrons. The standard InChI is InChI=1S/C40H27NS/c1-2-10-28(11-3-1)29-20-23-33(24-21-29)41(38-18-9-13-30-12-4-5-16-35(30)38)34-15-8-14-31(26-34)32-22-25-40-37(27-32)36-17-6-7-19-39(36)42-40/h1-27H. The van der Waals surface area contributed by atoms with Gasteiger partial charge in [0.25, 0.3) is 0 Å². The summed E-state index contributed by atoms with van der Waals surface area (Å²) >= 11 is 1.86. The first-order valence-corrected chi connectivity index (χ1v) is 15.1. The number of fused-ring (bicyclic) bond motifs is 4. The van der Waals surface area contributed by atoms with E-state index < -0.39 is 0 Å². The molecule has 0 unspecified atom stereocenters. The molecular formula is C40H27NS. The largest absolute Gasteiger partial charge is 0.310 e. The molecular weight excluding hydrogens is 527 g/mol. The Morgan fingerprint density at radius 2 is 0.976 bits per heavy atom. The van der Waals surface area contributed by atoms with Crippen LogP contribution in [0.5, 0.6) is 0 Å². The Kier molecular flexibility index (Phi) is 6.05. The Hall–Kier alpha value is -5.18. The van der Waals surface area contributed by atoms with Gasteiger partial charge in [0, 0.05) is 36.9 Å². The number of hydrogen-bond acceptors (Lipinski definition) is 2. The third-order valence-corrected chi connectivity index (χ3v) is 9.21. The number of rotatable bonds is 5. The summed E-state index contributed by atoms with van der Waals surface area (Å²) in [6, 6.07) is 59.2. The molecule has 8 rings (SSSR count). The van der Waals surface area contributed by atoms with Crippen LogP contribution in [0.2, 0.25) is 0 Å². The molecule has 8 aromatic rings. The summed E-state index contributed by atoms with van der Waals surface area (Å²) in [5.41, 5.74) is 8.29. The number of anilines is 3. The quantitative estimate of drug-likeness (QED) is 0.205. The van der Waals surface area contributed by atoms with Gasteiger partial charge in [0.1, 0.15) is 0 Å². The predicted molar refractivity (Wildman–Crippen MR) is 182 cm³/mol. The van der Waals surface area contributed by atoms with Crippen molar-refractivity contribution in [3.63, 3.8) is 0 Å². The summed E-state index contributed by atoms with van der Waals surface area (Å²) in [7, 11) is 0. The second-order valence-corrected chi connectivity index (χ2v) is 11.7. The van der Waals surface area contributed by atoms with Gasteiger partial charge in [0.05, 0.1) is 5.69 Å². The van der Waals surface area contributed by atoms with Gasteiger partial charge in [-0.25, -0.2) is 0 Å². The average Bonchev–Trinajstić information content (AvgIpc) is 3.44. The molecule has 0 bridgehead atoms. The van der Waals surface area contributed by atoms with E-state index in [-0.39, 0.29) is 0 Å². The lowest BCUT2D eigenvalue weighted by Gasteiger charge is -2.27. The minimum Gasteiger partial charge on any atom is -0.310 e. The van der Waals surface area contributed by atoms with Gasteiger partial charge in [0.15, 0.2) is 0 Å². The van der Waals surface area contributed by atoms with E-state index in [2.05, 4.69) is 169 Å². The molecule has 1 nitrogen and oxygen atoms in total. The van der Waals surface area contributed by atoms with Crippen molar-refractivity contribution in [2.45, 2.75) is 0 Å². The Labute approximate surface area is 249 Å². The zero-order chi connectivity index (χ0) is 27.9. The molecule has 1 heterocycles. The van der Waals surface area contributed by atoms with Crippen molar-refractivity contribution in [1.29, 1.82) is 0 Å². The van der Waals surface area contributed by atoms with Gasteiger partial charge < -0.3 is 4.90 Å². The fraction of sp³-hybridized carbons (Fsp3) is 0. The van der Waals surface area contributed by atoms with E-state index >= 15 is 0 Å². The maximum absolute atomic E-state index is 2.39. The van der Waals surface area contributed by atoms with Crippen LogP contribution in [0.25, 0.3) is 53.2 Å². The van der Waals surface area contributed by atoms with E-state index in [1.165, 1.54) is 53.2 Å². The lowest BCUT2D eigenvalue weighted by molar-refractivity contribution is 1.30. The number of nitrogens with zero attached hydrogens (tertiary/aromatic N) is 1. The fourth-order valence-electron chi connectivity index (χ4n) is 5.99. The van der Waals surface area contributed by atoms with Crippen LogP contribution in [0.1, 0.15) is 0 Å². The van der Waals surface area contributed by atoms with Gasteiger partial charge in [-0.05, 0) is 76.2 Å². The molecule has 198 valence electrons. The first-order valence-electron chi connectivity index (χ1n) is 14.3. The normalized spacial score (nSPS) is 11.3. The molecule has 0 aliphatic heterocycles. The second-order valence-electron chi connectivity index (χ2n) is 10.6. The van der Waals surface area contributed by atoms with Crippen molar-refractivity contribution >= 4 is 59.3 Å². The third-order valence-electron chi connectivity index (χ3n) is 8.05. The van der Waals surface area contributed by atoms with Crippen molar-refractivity contribution in [3.05, 3.63) is 164 Å². The van der Waals surface area contributed by atoms with Crippen molar-refractivity contribution in [2.24, 2.45) is 0 Å². The summed E-state index contributed by atoms with van der Waals surface area (Å²) in [4.78, 5) is 2.39. The maximum atomic E-state index is 2.39. The van der Waals surface area contributed by atoms with Gasteiger partial charge in [-0.3, -0.25) is 0 Å². The topological polar surface area (TPSA) is 3.24 Å². The molecule has 0 N–H and O–H groups in total. The van der Waals surface area contributed by atoms with E-state index in [4.69, 9.17) is 0 Å². The first-order chi connectivity index (χ1) is 20.8. The molecule has 0 amide bonds. The summed E-state index contributed by atoms with van der Waals surface area (Å²) in [5.74, 6) is 0. The van der Waals surface area contributed by atoms with E-state index in [1.807, 2.05) is 11.3 Å². The van der Waals surface area contributed by atoms with Crippen LogP contribution in [-0.2, 0) is 0 Å². The van der Waals surface area contributed by atoms with Crippen molar-refractivity contribution < 1.29 is 0 Å². The van der Waals surface area contributed by atoms with E-state index in [0.717, 1.165) is 17.1 Å². The molecule has 0 spiro atoms. The molecule has 0 fully saturated rings. The molecule has 0 saturated heterocycles. The van der Waals surface area contributed by atoms with Crippen LogP contribution < -0.4 is 4.90 Å². The molecule has 0 atom stereocenters. The van der Waals surface area contributed by atoms with Crippen LogP contribution in [0.3, 0.4) is 0 Å². The Balaban J connectivity index is 1.28. The molecule has 0 saturated carbocycles. The smallest absolute Gasteiger partial charge is 0.0540 e. The Morgan fingerprint density at radius 1 is 0.357 bits per heavy atom. The van der Waals surface area contributed by atoms with Crippen LogP contribution in [0, 0.1) is 0 Å². The maximum Gasteiger partial charge on any atom is 0.0540 e. The summed E-state index contributed by atoms with van der Waals surface area (Å²) in [6.45, 7) is 0. The van der Waals surface area contributed by atoms with Gasteiger partial charge in [-0.1, -0.05) is 115 Å². The lowest BCUT2D eigenvalue weighted by Crippen LogP contribution is -2.10. The zero-order valence-electron chi connectivity index (χ0n) is 22.9. The van der Waals surface area contributed by atoms with Gasteiger partial charge in [0.2, 0.25) is 0 Å². The van der Waals surface area contributed by atoms with Crippen LogP contribution in [0.4, 0.5) is 17.1 Å². The zero-order valence-corrected chi connectivity index (χ0v) is 23.8. The number of thiophene rings is 1. The first kappa shape index (κ1) is 24.6. The number of hydrogen-bond donors (Lipinski definition) is 0. The van der Waals surface area contributed by atoms with Crippen molar-refractivity contribution in [2.75, 3.05) is 4.90 Å². The number of benzene rings is 7. The Bertz CT molecular complexity index is 2190. The highest BCUT2D eigenvalue weighted by atomic mass is 32.1. The molecule has 1 aromatic heterocycles. The summed E-state index contributed by atoms with van der Waals surface area (Å²) < 4.78 is 2.66. The highest BCUT2D eigenvalue weighted by Gasteiger charge is 2.16. The highest BCUT2D eigenvalue weighted by Crippen LogP contribution is 2.42. The average molecular weight is 554 g/mol. The van der Waals surface area contributed by atoms with Gasteiger partial charge in [-0.15, -0.1) is 11.3 Å². The minimum atomic E-state index is 1.13. The third kappa shape index (κ3) is 4.34. The minimum absolute atomic E-state index is 1.13. The van der Waals surface area contributed by atoms with Crippen LogP contribution in [-0.4, -0.2) is 0 Å².